The fourth-order valence-electron chi connectivity index (χ4n) is 3.36. The fraction of sp³-hybridized carbons (Fsp3) is 0.500. The Kier molecular flexibility index (Phi) is 4.59. The van der Waals surface area contributed by atoms with Gasteiger partial charge in [0.05, 0.1) is 5.69 Å². The zero-order chi connectivity index (χ0) is 14.5. The molecule has 1 aromatic heterocycles. The Balaban J connectivity index is 1.66. The lowest BCUT2D eigenvalue weighted by molar-refractivity contribution is 0.444. The molecule has 1 heterocycles. The molecular weight excluding hydrogens is 258 g/mol. The van der Waals surface area contributed by atoms with Gasteiger partial charge in [0.25, 0.3) is 0 Å². The third-order valence-corrected chi connectivity index (χ3v) is 4.71. The predicted octanol–water partition coefficient (Wildman–Crippen LogP) is 4.85. The highest BCUT2D eigenvalue weighted by Gasteiger charge is 2.17. The van der Waals surface area contributed by atoms with E-state index in [1.807, 2.05) is 6.07 Å². The Labute approximate surface area is 127 Å². The number of rotatable bonds is 4. The quantitative estimate of drug-likeness (QED) is 0.788. The molecule has 1 aliphatic carbocycles. The molecule has 1 fully saturated rings. The molecule has 0 saturated heterocycles. The highest BCUT2D eigenvalue weighted by Crippen LogP contribution is 2.28. The third kappa shape index (κ3) is 3.66. The van der Waals surface area contributed by atoms with Crippen molar-refractivity contribution in [2.75, 3.05) is 5.32 Å². The first-order valence-electron chi connectivity index (χ1n) is 8.21. The molecule has 3 nitrogen and oxygen atoms in total. The second-order valence-corrected chi connectivity index (χ2v) is 6.17. The summed E-state index contributed by atoms with van der Waals surface area (Å²) in [7, 11) is 0. The van der Waals surface area contributed by atoms with Gasteiger partial charge in [0.2, 0.25) is 0 Å². The van der Waals surface area contributed by atoms with Gasteiger partial charge >= 0.3 is 0 Å². The van der Waals surface area contributed by atoms with Crippen molar-refractivity contribution in [1.29, 1.82) is 0 Å². The number of hydrogen-bond donors (Lipinski definition) is 2. The Morgan fingerprint density at radius 1 is 1.19 bits per heavy atom. The van der Waals surface area contributed by atoms with E-state index in [2.05, 4.69) is 46.7 Å². The zero-order valence-electron chi connectivity index (χ0n) is 12.8. The second-order valence-electron chi connectivity index (χ2n) is 6.17. The highest BCUT2D eigenvalue weighted by molar-refractivity contribution is 5.64. The number of anilines is 1. The number of nitrogens with one attached hydrogen (secondary N) is 2. The molecule has 0 amide bonds. The van der Waals surface area contributed by atoms with Crippen molar-refractivity contribution >= 4 is 5.69 Å². The van der Waals surface area contributed by atoms with E-state index >= 15 is 0 Å². The molecule has 21 heavy (non-hydrogen) atoms. The summed E-state index contributed by atoms with van der Waals surface area (Å²) in [6, 6.07) is 11.3. The van der Waals surface area contributed by atoms with Gasteiger partial charge in [0.1, 0.15) is 0 Å². The number of H-pyrrole nitrogens is 1. The maximum Gasteiger partial charge on any atom is 0.0650 e. The Bertz CT molecular complexity index is 547. The minimum Gasteiger partial charge on any atom is -0.382 e. The van der Waals surface area contributed by atoms with Crippen LogP contribution in [0.1, 0.15) is 45.4 Å². The average molecular weight is 283 g/mol. The molecule has 2 atom stereocenters. The first kappa shape index (κ1) is 14.2. The Morgan fingerprint density at radius 2 is 2.14 bits per heavy atom. The summed E-state index contributed by atoms with van der Waals surface area (Å²) in [4.78, 5) is 0. The molecule has 1 saturated carbocycles. The molecule has 0 bridgehead atoms. The van der Waals surface area contributed by atoms with Gasteiger partial charge < -0.3 is 5.32 Å². The predicted molar refractivity (Wildman–Crippen MR) is 88.3 cm³/mol. The summed E-state index contributed by atoms with van der Waals surface area (Å²) in [5.41, 5.74) is 3.49. The monoisotopic (exact) mass is 283 g/mol. The standard InChI is InChI=1S/C18H25N3/c1-2-14-5-3-7-16(10-9-14)20-17-8-4-6-15(13-17)18-11-12-19-21-18/h4,6,8,11-14,16,20H,2-3,5,7,9-10H2,1H3,(H,19,21). The van der Waals surface area contributed by atoms with Crippen LogP contribution in [-0.2, 0) is 0 Å². The van der Waals surface area contributed by atoms with Gasteiger partial charge in [0.15, 0.2) is 0 Å². The number of aromatic amines is 1. The van der Waals surface area contributed by atoms with Crippen molar-refractivity contribution in [3.63, 3.8) is 0 Å². The third-order valence-electron chi connectivity index (χ3n) is 4.71. The zero-order valence-corrected chi connectivity index (χ0v) is 12.8. The molecule has 112 valence electrons. The topological polar surface area (TPSA) is 40.7 Å². The van der Waals surface area contributed by atoms with E-state index < -0.39 is 0 Å². The number of benzene rings is 1. The van der Waals surface area contributed by atoms with Crippen molar-refractivity contribution in [2.45, 2.75) is 51.5 Å². The lowest BCUT2D eigenvalue weighted by Gasteiger charge is -2.18. The normalized spacial score (nSPS) is 22.7. The maximum absolute atomic E-state index is 4.03. The summed E-state index contributed by atoms with van der Waals surface area (Å²) >= 11 is 0. The number of nitrogens with zero attached hydrogens (tertiary/aromatic N) is 1. The van der Waals surface area contributed by atoms with Crippen molar-refractivity contribution in [2.24, 2.45) is 5.92 Å². The van der Waals surface area contributed by atoms with Gasteiger partial charge in [-0.2, -0.15) is 5.10 Å². The minimum absolute atomic E-state index is 0.624. The molecule has 2 aromatic rings. The number of aromatic nitrogens is 2. The SMILES string of the molecule is CCC1CCCC(Nc2cccc(-c3ccn[nH]3)c2)CC1. The molecule has 3 rings (SSSR count). The van der Waals surface area contributed by atoms with Gasteiger partial charge in [-0.15, -0.1) is 0 Å². The largest absolute Gasteiger partial charge is 0.382 e. The molecule has 2 N–H and O–H groups in total. The van der Waals surface area contributed by atoms with Crippen molar-refractivity contribution in [1.82, 2.24) is 10.2 Å². The van der Waals surface area contributed by atoms with Crippen LogP contribution >= 0.6 is 0 Å². The van der Waals surface area contributed by atoms with E-state index in [9.17, 15) is 0 Å². The first-order chi connectivity index (χ1) is 10.3. The molecule has 0 aliphatic heterocycles. The van der Waals surface area contributed by atoms with E-state index in [0.717, 1.165) is 11.6 Å². The second kappa shape index (κ2) is 6.79. The smallest absolute Gasteiger partial charge is 0.0650 e. The molecule has 1 aliphatic rings. The van der Waals surface area contributed by atoms with Crippen LogP contribution in [0.4, 0.5) is 5.69 Å². The summed E-state index contributed by atoms with van der Waals surface area (Å²) in [5, 5.41) is 10.8. The van der Waals surface area contributed by atoms with E-state index in [1.54, 1.807) is 6.20 Å². The molecular formula is C18H25N3. The van der Waals surface area contributed by atoms with Crippen molar-refractivity contribution < 1.29 is 0 Å². The molecule has 1 aromatic carbocycles. The van der Waals surface area contributed by atoms with Crippen LogP contribution in [0.5, 0.6) is 0 Å². The fourth-order valence-corrected chi connectivity index (χ4v) is 3.36. The van der Waals surface area contributed by atoms with Crippen LogP contribution in [0.2, 0.25) is 0 Å². The molecule has 3 heteroatoms. The lowest BCUT2D eigenvalue weighted by Crippen LogP contribution is -2.18. The van der Waals surface area contributed by atoms with Gasteiger partial charge in [0, 0.05) is 23.5 Å². The van der Waals surface area contributed by atoms with Crippen molar-refractivity contribution in [3.8, 4) is 11.3 Å². The van der Waals surface area contributed by atoms with Crippen molar-refractivity contribution in [3.05, 3.63) is 36.5 Å². The van der Waals surface area contributed by atoms with Gasteiger partial charge in [-0.25, -0.2) is 0 Å². The highest BCUT2D eigenvalue weighted by atomic mass is 15.1. The van der Waals surface area contributed by atoms with Crippen LogP contribution in [0.3, 0.4) is 0 Å². The maximum atomic E-state index is 4.03. The van der Waals surface area contributed by atoms with E-state index in [4.69, 9.17) is 0 Å². The van der Waals surface area contributed by atoms with E-state index in [1.165, 1.54) is 49.8 Å². The van der Waals surface area contributed by atoms with Crippen LogP contribution in [0.15, 0.2) is 36.5 Å². The summed E-state index contributed by atoms with van der Waals surface area (Å²) < 4.78 is 0. The lowest BCUT2D eigenvalue weighted by atomic mass is 9.98. The number of hydrogen-bond acceptors (Lipinski definition) is 2. The van der Waals surface area contributed by atoms with E-state index in [-0.39, 0.29) is 0 Å². The Hall–Kier alpha value is -1.77. The minimum atomic E-state index is 0.624. The molecule has 2 unspecified atom stereocenters. The molecule has 0 radical (unpaired) electrons. The van der Waals surface area contributed by atoms with Gasteiger partial charge in [-0.3, -0.25) is 5.10 Å². The van der Waals surface area contributed by atoms with Crippen LogP contribution in [0.25, 0.3) is 11.3 Å². The summed E-state index contributed by atoms with van der Waals surface area (Å²) in [6.45, 7) is 2.33. The van der Waals surface area contributed by atoms with E-state index in [0.29, 0.717) is 6.04 Å². The summed E-state index contributed by atoms with van der Waals surface area (Å²) in [6.07, 6.45) is 9.86. The van der Waals surface area contributed by atoms with Crippen LogP contribution in [0, 0.1) is 5.92 Å². The average Bonchev–Trinajstić information content (AvgIpc) is 2.96. The van der Waals surface area contributed by atoms with Crippen LogP contribution in [-0.4, -0.2) is 16.2 Å². The van der Waals surface area contributed by atoms with Gasteiger partial charge in [-0.1, -0.05) is 38.3 Å². The first-order valence-corrected chi connectivity index (χ1v) is 8.21. The molecule has 0 spiro atoms. The Morgan fingerprint density at radius 3 is 2.95 bits per heavy atom. The van der Waals surface area contributed by atoms with Gasteiger partial charge in [-0.05, 0) is 43.4 Å². The summed E-state index contributed by atoms with van der Waals surface area (Å²) in [5.74, 6) is 0.938. The van der Waals surface area contributed by atoms with Crippen LogP contribution < -0.4 is 5.32 Å².